The molecule has 5 rings (SSSR count). The maximum absolute atomic E-state index is 12.5. The number of aryl methyl sites for hydroxylation is 1. The lowest BCUT2D eigenvalue weighted by Crippen LogP contribution is -2.31. The average Bonchev–Trinajstić information content (AvgIpc) is 3.37. The number of nitrogens with zero attached hydrogens (tertiary/aromatic N) is 3. The summed E-state index contributed by atoms with van der Waals surface area (Å²) in [7, 11) is 1.92. The van der Waals surface area contributed by atoms with E-state index in [-0.39, 0.29) is 24.7 Å². The summed E-state index contributed by atoms with van der Waals surface area (Å²) < 4.78 is 14.7. The molecule has 1 aliphatic heterocycles. The Labute approximate surface area is 219 Å². The van der Waals surface area contributed by atoms with Gasteiger partial charge in [-0.15, -0.1) is 10.2 Å². The van der Waals surface area contributed by atoms with Crippen molar-refractivity contribution in [2.45, 2.75) is 36.7 Å². The smallest absolute Gasteiger partial charge is 0.255 e. The van der Waals surface area contributed by atoms with E-state index in [9.17, 15) is 9.90 Å². The second-order valence-electron chi connectivity index (χ2n) is 8.83. The molecule has 0 bridgehead atoms. The minimum Gasteiger partial charge on any atom is -0.392 e. The number of hydrogen-bond donors (Lipinski definition) is 2. The molecule has 0 radical (unpaired) electrons. The number of thioether (sulfide) groups is 1. The number of benzene rings is 3. The fourth-order valence-electron chi connectivity index (χ4n) is 4.11. The zero-order valence-electron chi connectivity index (χ0n) is 20.4. The third-order valence-corrected chi connectivity index (χ3v) is 7.33. The number of carbonyl (C=O) groups excluding carboxylic acids is 1. The summed E-state index contributed by atoms with van der Waals surface area (Å²) in [6.45, 7) is 0.00165. The molecular weight excluding hydrogens is 488 g/mol. The van der Waals surface area contributed by atoms with Crippen molar-refractivity contribution in [2.24, 2.45) is 7.05 Å². The Bertz CT molecular complexity index is 1310. The van der Waals surface area contributed by atoms with Crippen molar-refractivity contribution < 1.29 is 19.4 Å². The Hall–Kier alpha value is -3.50. The zero-order valence-corrected chi connectivity index (χ0v) is 21.2. The van der Waals surface area contributed by atoms with Gasteiger partial charge in [-0.2, -0.15) is 0 Å². The number of aromatic nitrogens is 3. The van der Waals surface area contributed by atoms with E-state index in [1.54, 1.807) is 30.2 Å². The van der Waals surface area contributed by atoms with E-state index >= 15 is 0 Å². The molecule has 3 atom stereocenters. The molecule has 8 nitrogen and oxygen atoms in total. The lowest BCUT2D eigenvalue weighted by molar-refractivity contribution is -0.245. The van der Waals surface area contributed by atoms with Crippen LogP contribution in [0.2, 0.25) is 0 Å². The number of amides is 1. The molecule has 0 saturated carbocycles. The number of anilines is 1. The first-order valence-corrected chi connectivity index (χ1v) is 13.0. The molecule has 1 aliphatic rings. The SMILES string of the molecule is Cn1cnnc1SC[C@H]1C[C@@H](c2ccc(CO)cc2)O[C@@H](c2ccc(NC(=O)c3ccccc3)cc2)O1. The summed E-state index contributed by atoms with van der Waals surface area (Å²) in [6, 6.07) is 24.4. The predicted molar refractivity (Wildman–Crippen MR) is 141 cm³/mol. The van der Waals surface area contributed by atoms with Crippen LogP contribution in [0.15, 0.2) is 90.3 Å². The van der Waals surface area contributed by atoms with E-state index in [1.807, 2.05) is 78.3 Å². The molecule has 0 aliphatic carbocycles. The second kappa shape index (κ2) is 11.7. The largest absolute Gasteiger partial charge is 0.392 e. The Morgan fingerprint density at radius 2 is 1.76 bits per heavy atom. The zero-order chi connectivity index (χ0) is 25.6. The monoisotopic (exact) mass is 516 g/mol. The van der Waals surface area contributed by atoms with Crippen LogP contribution in [0, 0.1) is 0 Å². The summed E-state index contributed by atoms with van der Waals surface area (Å²) in [5.41, 5.74) is 4.05. The van der Waals surface area contributed by atoms with Gasteiger partial charge < -0.3 is 24.5 Å². The first kappa shape index (κ1) is 25.2. The molecular formula is C28H28N4O4S. The fraction of sp³-hybridized carbons (Fsp3) is 0.250. The quantitative estimate of drug-likeness (QED) is 0.322. The highest BCUT2D eigenvalue weighted by atomic mass is 32.2. The van der Waals surface area contributed by atoms with Crippen LogP contribution >= 0.6 is 11.8 Å². The van der Waals surface area contributed by atoms with Crippen LogP contribution in [0.4, 0.5) is 5.69 Å². The number of aliphatic hydroxyl groups excluding tert-OH is 1. The number of nitrogens with one attached hydrogen (secondary N) is 1. The molecule has 37 heavy (non-hydrogen) atoms. The van der Waals surface area contributed by atoms with Crippen molar-refractivity contribution in [1.82, 2.24) is 14.8 Å². The molecule has 1 aromatic heterocycles. The summed E-state index contributed by atoms with van der Waals surface area (Å²) in [6.07, 6.45) is 1.54. The lowest BCUT2D eigenvalue weighted by Gasteiger charge is -2.36. The van der Waals surface area contributed by atoms with Crippen molar-refractivity contribution in [3.05, 3.63) is 107 Å². The Morgan fingerprint density at radius 3 is 2.43 bits per heavy atom. The van der Waals surface area contributed by atoms with Gasteiger partial charge in [0.25, 0.3) is 5.91 Å². The van der Waals surface area contributed by atoms with E-state index in [2.05, 4.69) is 15.5 Å². The topological polar surface area (TPSA) is 98.5 Å². The number of rotatable bonds is 8. The van der Waals surface area contributed by atoms with Gasteiger partial charge in [0.05, 0.1) is 18.8 Å². The van der Waals surface area contributed by atoms with Gasteiger partial charge in [0.15, 0.2) is 11.4 Å². The maximum Gasteiger partial charge on any atom is 0.255 e. The molecule has 0 unspecified atom stereocenters. The molecule has 4 aromatic rings. The molecule has 2 N–H and O–H groups in total. The van der Waals surface area contributed by atoms with Crippen LogP contribution in [-0.2, 0) is 23.1 Å². The first-order chi connectivity index (χ1) is 18.1. The molecule has 0 spiro atoms. The number of carbonyl (C=O) groups is 1. The van der Waals surface area contributed by atoms with Crippen LogP contribution in [0.1, 0.15) is 45.9 Å². The average molecular weight is 517 g/mol. The minimum atomic E-state index is -0.569. The second-order valence-corrected chi connectivity index (χ2v) is 9.81. The number of hydrogen-bond acceptors (Lipinski definition) is 7. The molecule has 1 saturated heterocycles. The van der Waals surface area contributed by atoms with Gasteiger partial charge in [0.1, 0.15) is 6.33 Å². The van der Waals surface area contributed by atoms with Crippen molar-refractivity contribution in [2.75, 3.05) is 11.1 Å². The van der Waals surface area contributed by atoms with E-state index in [0.29, 0.717) is 23.4 Å². The molecule has 2 heterocycles. The minimum absolute atomic E-state index is 0.00165. The summed E-state index contributed by atoms with van der Waals surface area (Å²) in [5.74, 6) is 0.536. The summed E-state index contributed by atoms with van der Waals surface area (Å²) in [5, 5.41) is 21.3. The van der Waals surface area contributed by atoms with Gasteiger partial charge in [-0.05, 0) is 35.4 Å². The Balaban J connectivity index is 1.31. The van der Waals surface area contributed by atoms with Crippen LogP contribution < -0.4 is 5.32 Å². The third-order valence-electron chi connectivity index (χ3n) is 6.16. The van der Waals surface area contributed by atoms with E-state index in [1.165, 1.54) is 0 Å². The highest BCUT2D eigenvalue weighted by molar-refractivity contribution is 7.99. The van der Waals surface area contributed by atoms with Gasteiger partial charge in [-0.1, -0.05) is 66.4 Å². The predicted octanol–water partition coefficient (Wildman–Crippen LogP) is 4.90. The van der Waals surface area contributed by atoms with Crippen LogP contribution in [0.5, 0.6) is 0 Å². The van der Waals surface area contributed by atoms with Gasteiger partial charge in [-0.3, -0.25) is 4.79 Å². The molecule has 3 aromatic carbocycles. The maximum atomic E-state index is 12.5. The summed E-state index contributed by atoms with van der Waals surface area (Å²) >= 11 is 1.60. The van der Waals surface area contributed by atoms with Gasteiger partial charge in [-0.25, -0.2) is 0 Å². The van der Waals surface area contributed by atoms with Crippen LogP contribution in [0.3, 0.4) is 0 Å². The van der Waals surface area contributed by atoms with E-state index in [0.717, 1.165) is 21.8 Å². The van der Waals surface area contributed by atoms with Crippen molar-refractivity contribution in [3.63, 3.8) is 0 Å². The Kier molecular flexibility index (Phi) is 7.96. The highest BCUT2D eigenvalue weighted by Gasteiger charge is 2.32. The normalized spacial score (nSPS) is 19.5. The van der Waals surface area contributed by atoms with Gasteiger partial charge in [0, 0.05) is 36.0 Å². The van der Waals surface area contributed by atoms with E-state index < -0.39 is 6.29 Å². The summed E-state index contributed by atoms with van der Waals surface area (Å²) in [4.78, 5) is 12.5. The lowest BCUT2D eigenvalue weighted by atomic mass is 10.0. The molecule has 9 heteroatoms. The van der Waals surface area contributed by atoms with Gasteiger partial charge in [0.2, 0.25) is 0 Å². The standard InChI is InChI=1S/C28H28N4O4S/c1-32-18-29-31-28(32)37-17-24-15-25(20-9-7-19(16-33)8-10-20)36-27(35-24)22-11-13-23(14-12-22)30-26(34)21-5-3-2-4-6-21/h2-14,18,24-25,27,33H,15-17H2,1H3,(H,30,34)/t24-,25+,27+/m1/s1. The highest BCUT2D eigenvalue weighted by Crippen LogP contribution is 2.39. The molecule has 1 fully saturated rings. The molecule has 190 valence electrons. The van der Waals surface area contributed by atoms with Gasteiger partial charge >= 0.3 is 0 Å². The number of aliphatic hydroxyl groups is 1. The van der Waals surface area contributed by atoms with Crippen molar-refractivity contribution >= 4 is 23.4 Å². The third kappa shape index (κ3) is 6.26. The van der Waals surface area contributed by atoms with Crippen molar-refractivity contribution in [1.29, 1.82) is 0 Å². The Morgan fingerprint density at radius 1 is 1.03 bits per heavy atom. The van der Waals surface area contributed by atoms with Crippen molar-refractivity contribution in [3.8, 4) is 0 Å². The number of ether oxygens (including phenoxy) is 2. The first-order valence-electron chi connectivity index (χ1n) is 12.0. The fourth-order valence-corrected chi connectivity index (χ4v) is 5.02. The molecule has 1 amide bonds. The van der Waals surface area contributed by atoms with E-state index in [4.69, 9.17) is 9.47 Å². The van der Waals surface area contributed by atoms with Crippen LogP contribution in [-0.4, -0.2) is 37.6 Å². The van der Waals surface area contributed by atoms with Crippen LogP contribution in [0.25, 0.3) is 0 Å².